The van der Waals surface area contributed by atoms with Gasteiger partial charge in [-0.15, -0.1) is 0 Å². The number of para-hydroxylation sites is 1. The summed E-state index contributed by atoms with van der Waals surface area (Å²) in [6, 6.07) is 7.68. The van der Waals surface area contributed by atoms with E-state index in [0.717, 1.165) is 16.6 Å². The Labute approximate surface area is 128 Å². The Morgan fingerprint density at radius 2 is 1.95 bits per heavy atom. The molecule has 1 aromatic heterocycles. The number of hydrogen-bond acceptors (Lipinski definition) is 3. The number of carboxylic acid groups (broad SMARTS) is 1. The fourth-order valence-electron chi connectivity index (χ4n) is 2.27. The molecule has 0 spiro atoms. The minimum absolute atomic E-state index is 0.0558. The summed E-state index contributed by atoms with van der Waals surface area (Å²) in [5.41, 5.74) is 2.01. The van der Waals surface area contributed by atoms with Gasteiger partial charge in [0.25, 0.3) is 0 Å². The molecule has 7 nitrogen and oxygen atoms in total. The average Bonchev–Trinajstić information content (AvgIpc) is 2.81. The molecule has 1 heterocycles. The molecule has 22 heavy (non-hydrogen) atoms. The first kappa shape index (κ1) is 15.8. The molecule has 0 aliphatic heterocycles. The van der Waals surface area contributed by atoms with Gasteiger partial charge in [0.2, 0.25) is 0 Å². The summed E-state index contributed by atoms with van der Waals surface area (Å²) in [7, 11) is 1.90. The number of nitrogens with zero attached hydrogens (tertiary/aromatic N) is 2. The van der Waals surface area contributed by atoms with Crippen LogP contribution in [-0.4, -0.2) is 40.0 Å². The number of aryl methyl sites for hydroxylation is 1. The quantitative estimate of drug-likeness (QED) is 0.671. The van der Waals surface area contributed by atoms with Crippen molar-refractivity contribution in [3.63, 3.8) is 0 Å². The van der Waals surface area contributed by atoms with Crippen molar-refractivity contribution in [1.82, 2.24) is 20.4 Å². The molecule has 0 aliphatic rings. The van der Waals surface area contributed by atoms with E-state index in [0.29, 0.717) is 25.9 Å². The Kier molecular flexibility index (Phi) is 5.35. The number of carboxylic acids is 1. The van der Waals surface area contributed by atoms with Crippen LogP contribution in [-0.2, 0) is 18.3 Å². The molecule has 0 saturated carbocycles. The summed E-state index contributed by atoms with van der Waals surface area (Å²) in [5.74, 6) is -0.857. The molecule has 2 amide bonds. The zero-order valence-corrected chi connectivity index (χ0v) is 12.5. The normalized spacial score (nSPS) is 10.6. The lowest BCUT2D eigenvalue weighted by Gasteiger charge is -2.06. The maximum atomic E-state index is 11.6. The van der Waals surface area contributed by atoms with Crippen LogP contribution < -0.4 is 10.6 Å². The number of aromatic nitrogens is 2. The first-order valence-corrected chi connectivity index (χ1v) is 7.22. The van der Waals surface area contributed by atoms with Crippen molar-refractivity contribution in [3.05, 3.63) is 30.0 Å². The molecule has 2 aromatic rings. The van der Waals surface area contributed by atoms with Crippen LogP contribution in [0.15, 0.2) is 24.3 Å². The van der Waals surface area contributed by atoms with Gasteiger partial charge >= 0.3 is 12.0 Å². The third kappa shape index (κ3) is 4.21. The number of rotatable bonds is 7. The standard InChI is InChI=1S/C15H20N4O3/c1-19-13-6-3-2-5-11(13)12(18-19)8-10-17-15(22)16-9-4-7-14(20)21/h2-3,5-6H,4,7-10H2,1H3,(H,20,21)(H2,16,17,22). The topological polar surface area (TPSA) is 96.3 Å². The van der Waals surface area contributed by atoms with E-state index < -0.39 is 5.97 Å². The van der Waals surface area contributed by atoms with Gasteiger partial charge in [-0.25, -0.2) is 4.79 Å². The summed E-state index contributed by atoms with van der Waals surface area (Å²) in [5, 5.41) is 19.4. The van der Waals surface area contributed by atoms with Crippen molar-refractivity contribution in [2.75, 3.05) is 13.1 Å². The van der Waals surface area contributed by atoms with E-state index in [-0.39, 0.29) is 12.5 Å². The van der Waals surface area contributed by atoms with Crippen molar-refractivity contribution in [2.24, 2.45) is 7.05 Å². The molecule has 0 unspecified atom stereocenters. The highest BCUT2D eigenvalue weighted by atomic mass is 16.4. The highest BCUT2D eigenvalue weighted by Gasteiger charge is 2.08. The van der Waals surface area contributed by atoms with Gasteiger partial charge in [-0.3, -0.25) is 9.48 Å². The number of carbonyl (C=O) groups excluding carboxylic acids is 1. The summed E-state index contributed by atoms with van der Waals surface area (Å²) in [4.78, 5) is 21.9. The molecule has 0 atom stereocenters. The van der Waals surface area contributed by atoms with Gasteiger partial charge in [-0.05, 0) is 12.5 Å². The fraction of sp³-hybridized carbons (Fsp3) is 0.400. The van der Waals surface area contributed by atoms with Crippen LogP contribution >= 0.6 is 0 Å². The first-order chi connectivity index (χ1) is 10.6. The Bertz CT molecular complexity index is 666. The van der Waals surface area contributed by atoms with Gasteiger partial charge in [0.15, 0.2) is 0 Å². The first-order valence-electron chi connectivity index (χ1n) is 7.22. The predicted octanol–water partition coefficient (Wildman–Crippen LogP) is 1.28. The summed E-state index contributed by atoms with van der Waals surface area (Å²) >= 11 is 0. The largest absolute Gasteiger partial charge is 0.481 e. The van der Waals surface area contributed by atoms with E-state index in [1.54, 1.807) is 0 Å². The van der Waals surface area contributed by atoms with Crippen LogP contribution in [0.3, 0.4) is 0 Å². The third-order valence-corrected chi connectivity index (χ3v) is 3.33. The molecule has 118 valence electrons. The molecule has 1 aromatic carbocycles. The van der Waals surface area contributed by atoms with Crippen molar-refractivity contribution in [3.8, 4) is 0 Å². The van der Waals surface area contributed by atoms with Crippen LogP contribution in [0.25, 0.3) is 10.9 Å². The summed E-state index contributed by atoms with van der Waals surface area (Å²) < 4.78 is 1.83. The number of benzene rings is 1. The third-order valence-electron chi connectivity index (χ3n) is 3.33. The van der Waals surface area contributed by atoms with Crippen LogP contribution in [0, 0.1) is 0 Å². The number of carbonyl (C=O) groups is 2. The van der Waals surface area contributed by atoms with Gasteiger partial charge in [-0.2, -0.15) is 5.10 Å². The van der Waals surface area contributed by atoms with Crippen molar-refractivity contribution >= 4 is 22.9 Å². The maximum Gasteiger partial charge on any atom is 0.314 e. The number of fused-ring (bicyclic) bond motifs is 1. The van der Waals surface area contributed by atoms with E-state index in [2.05, 4.69) is 15.7 Å². The summed E-state index contributed by atoms with van der Waals surface area (Å²) in [6.07, 6.45) is 1.12. The molecular formula is C15H20N4O3. The Morgan fingerprint density at radius 3 is 2.73 bits per heavy atom. The van der Waals surface area contributed by atoms with Crippen LogP contribution in [0.2, 0.25) is 0 Å². The SMILES string of the molecule is Cn1nc(CCNC(=O)NCCCC(=O)O)c2ccccc21. The summed E-state index contributed by atoms with van der Waals surface area (Å²) in [6.45, 7) is 0.830. The van der Waals surface area contributed by atoms with E-state index in [9.17, 15) is 9.59 Å². The van der Waals surface area contributed by atoms with E-state index >= 15 is 0 Å². The number of hydrogen-bond donors (Lipinski definition) is 3. The molecule has 7 heteroatoms. The molecule has 0 saturated heterocycles. The second-order valence-corrected chi connectivity index (χ2v) is 5.02. The van der Waals surface area contributed by atoms with Gasteiger partial charge in [0, 0.05) is 38.4 Å². The van der Waals surface area contributed by atoms with E-state index in [1.807, 2.05) is 36.0 Å². The van der Waals surface area contributed by atoms with E-state index in [4.69, 9.17) is 5.11 Å². The van der Waals surface area contributed by atoms with Crippen LogP contribution in [0.1, 0.15) is 18.5 Å². The Hall–Kier alpha value is -2.57. The lowest BCUT2D eigenvalue weighted by atomic mass is 10.2. The van der Waals surface area contributed by atoms with Crippen molar-refractivity contribution in [1.29, 1.82) is 0 Å². The fourth-order valence-corrected chi connectivity index (χ4v) is 2.27. The highest BCUT2D eigenvalue weighted by molar-refractivity contribution is 5.82. The molecule has 0 bridgehead atoms. The molecule has 0 aliphatic carbocycles. The smallest absolute Gasteiger partial charge is 0.314 e. The van der Waals surface area contributed by atoms with E-state index in [1.165, 1.54) is 0 Å². The lowest BCUT2D eigenvalue weighted by Crippen LogP contribution is -2.37. The monoisotopic (exact) mass is 304 g/mol. The molecule has 0 radical (unpaired) electrons. The number of aliphatic carboxylic acids is 1. The number of urea groups is 1. The average molecular weight is 304 g/mol. The zero-order chi connectivity index (χ0) is 15.9. The molecule has 2 rings (SSSR count). The van der Waals surface area contributed by atoms with Crippen molar-refractivity contribution < 1.29 is 14.7 Å². The molecule has 3 N–H and O–H groups in total. The highest BCUT2D eigenvalue weighted by Crippen LogP contribution is 2.17. The van der Waals surface area contributed by atoms with Gasteiger partial charge in [0.1, 0.15) is 0 Å². The molecular weight excluding hydrogens is 284 g/mol. The maximum absolute atomic E-state index is 11.6. The van der Waals surface area contributed by atoms with Crippen molar-refractivity contribution in [2.45, 2.75) is 19.3 Å². The lowest BCUT2D eigenvalue weighted by molar-refractivity contribution is -0.137. The van der Waals surface area contributed by atoms with Gasteiger partial charge in [0.05, 0.1) is 11.2 Å². The van der Waals surface area contributed by atoms with Crippen LogP contribution in [0.5, 0.6) is 0 Å². The second-order valence-electron chi connectivity index (χ2n) is 5.02. The Balaban J connectivity index is 1.76. The van der Waals surface area contributed by atoms with Crippen LogP contribution in [0.4, 0.5) is 4.79 Å². The predicted molar refractivity (Wildman–Crippen MR) is 82.7 cm³/mol. The van der Waals surface area contributed by atoms with Gasteiger partial charge < -0.3 is 15.7 Å². The second kappa shape index (κ2) is 7.44. The zero-order valence-electron chi connectivity index (χ0n) is 12.5. The molecule has 0 fully saturated rings. The number of nitrogens with one attached hydrogen (secondary N) is 2. The number of amides is 2. The van der Waals surface area contributed by atoms with Gasteiger partial charge in [-0.1, -0.05) is 18.2 Å². The minimum atomic E-state index is -0.857. The Morgan fingerprint density at radius 1 is 1.23 bits per heavy atom. The minimum Gasteiger partial charge on any atom is -0.481 e.